The first-order valence-electron chi connectivity index (χ1n) is 8.55. The van der Waals surface area contributed by atoms with Crippen molar-refractivity contribution in [1.29, 1.82) is 0 Å². The van der Waals surface area contributed by atoms with Gasteiger partial charge in [0.25, 0.3) is 0 Å². The van der Waals surface area contributed by atoms with Gasteiger partial charge in [0, 0.05) is 24.1 Å². The van der Waals surface area contributed by atoms with Crippen molar-refractivity contribution in [2.24, 2.45) is 0 Å². The summed E-state index contributed by atoms with van der Waals surface area (Å²) >= 11 is 0. The Morgan fingerprint density at radius 1 is 0.958 bits per heavy atom. The molecule has 0 amide bonds. The molecule has 0 aliphatic heterocycles. The van der Waals surface area contributed by atoms with Crippen molar-refractivity contribution in [3.8, 4) is 0 Å². The molecule has 0 radical (unpaired) electrons. The second-order valence-electron chi connectivity index (χ2n) is 6.65. The molecule has 2 N–H and O–H groups in total. The highest BCUT2D eigenvalue weighted by Crippen LogP contribution is 2.40. The fourth-order valence-electron chi connectivity index (χ4n) is 3.17. The molecule has 1 aromatic carbocycles. The van der Waals surface area contributed by atoms with Gasteiger partial charge in [0.1, 0.15) is 17.5 Å². The van der Waals surface area contributed by atoms with Crippen molar-refractivity contribution < 1.29 is 8.78 Å². The van der Waals surface area contributed by atoms with Gasteiger partial charge < -0.3 is 10.6 Å². The van der Waals surface area contributed by atoms with Gasteiger partial charge in [-0.1, -0.05) is 12.8 Å². The molecule has 2 aliphatic rings. The lowest BCUT2D eigenvalue weighted by Gasteiger charge is -2.15. The van der Waals surface area contributed by atoms with Crippen molar-refractivity contribution in [1.82, 2.24) is 9.97 Å². The summed E-state index contributed by atoms with van der Waals surface area (Å²) in [6.45, 7) is 0. The summed E-state index contributed by atoms with van der Waals surface area (Å²) in [7, 11) is 0. The van der Waals surface area contributed by atoms with Crippen LogP contribution in [0.3, 0.4) is 0 Å². The Morgan fingerprint density at radius 3 is 2.50 bits per heavy atom. The Hall–Kier alpha value is -2.24. The van der Waals surface area contributed by atoms with Crippen molar-refractivity contribution in [3.63, 3.8) is 0 Å². The predicted octanol–water partition coefficient (Wildman–Crippen LogP) is 4.73. The maximum Gasteiger partial charge on any atom is 0.225 e. The molecule has 24 heavy (non-hydrogen) atoms. The molecule has 1 heterocycles. The molecule has 0 atom stereocenters. The number of nitrogens with zero attached hydrogens (tertiary/aromatic N) is 2. The van der Waals surface area contributed by atoms with Crippen LogP contribution in [0.25, 0.3) is 0 Å². The summed E-state index contributed by atoms with van der Waals surface area (Å²) in [6.07, 6.45) is 6.93. The lowest BCUT2D eigenvalue weighted by atomic mass is 10.2. The zero-order valence-corrected chi connectivity index (χ0v) is 13.4. The fraction of sp³-hybridized carbons (Fsp3) is 0.444. The Balaban J connectivity index is 1.61. The summed E-state index contributed by atoms with van der Waals surface area (Å²) in [6, 6.07) is 5.58. The first-order valence-corrected chi connectivity index (χ1v) is 8.55. The van der Waals surface area contributed by atoms with Crippen molar-refractivity contribution in [2.75, 3.05) is 10.6 Å². The Morgan fingerprint density at radius 2 is 1.75 bits per heavy atom. The van der Waals surface area contributed by atoms with Gasteiger partial charge in [-0.3, -0.25) is 0 Å². The minimum atomic E-state index is -0.506. The second kappa shape index (κ2) is 6.34. The van der Waals surface area contributed by atoms with Crippen LogP contribution in [0, 0.1) is 11.6 Å². The van der Waals surface area contributed by atoms with Crippen LogP contribution < -0.4 is 10.6 Å². The smallest absolute Gasteiger partial charge is 0.225 e. The minimum Gasteiger partial charge on any atom is -0.351 e. The van der Waals surface area contributed by atoms with E-state index >= 15 is 0 Å². The van der Waals surface area contributed by atoms with E-state index in [1.165, 1.54) is 12.8 Å². The number of hydrogen-bond donors (Lipinski definition) is 2. The second-order valence-corrected chi connectivity index (χ2v) is 6.65. The molecule has 0 bridgehead atoms. The summed E-state index contributed by atoms with van der Waals surface area (Å²) in [4.78, 5) is 9.06. The Labute approximate surface area is 139 Å². The van der Waals surface area contributed by atoms with Crippen LogP contribution in [0.5, 0.6) is 0 Å². The molecular formula is C18H20F2N4. The summed E-state index contributed by atoms with van der Waals surface area (Å²) in [5.74, 6) is 0.533. The molecule has 6 heteroatoms. The Kier molecular flexibility index (Phi) is 4.04. The molecule has 2 fully saturated rings. The Bertz CT molecular complexity index is 740. The van der Waals surface area contributed by atoms with Gasteiger partial charge in [-0.15, -0.1) is 0 Å². The maximum atomic E-state index is 13.9. The van der Waals surface area contributed by atoms with Crippen LogP contribution in [-0.2, 0) is 0 Å². The minimum absolute atomic E-state index is 0.0854. The van der Waals surface area contributed by atoms with Crippen molar-refractivity contribution in [3.05, 3.63) is 41.6 Å². The first kappa shape index (κ1) is 15.3. The monoisotopic (exact) mass is 330 g/mol. The van der Waals surface area contributed by atoms with Gasteiger partial charge in [-0.2, -0.15) is 4.98 Å². The molecule has 0 saturated heterocycles. The fourth-order valence-corrected chi connectivity index (χ4v) is 3.17. The van der Waals surface area contributed by atoms with Gasteiger partial charge >= 0.3 is 0 Å². The van der Waals surface area contributed by atoms with Crippen LogP contribution >= 0.6 is 0 Å². The molecule has 2 aromatic rings. The summed E-state index contributed by atoms with van der Waals surface area (Å²) in [5, 5.41) is 6.28. The highest BCUT2D eigenvalue weighted by Gasteiger charge is 2.27. The maximum absolute atomic E-state index is 13.9. The number of benzene rings is 1. The third-order valence-electron chi connectivity index (χ3n) is 4.62. The van der Waals surface area contributed by atoms with Crippen LogP contribution in [0.4, 0.5) is 26.2 Å². The van der Waals surface area contributed by atoms with E-state index in [4.69, 9.17) is 0 Å². The first-order chi connectivity index (χ1) is 11.7. The topological polar surface area (TPSA) is 49.8 Å². The standard InChI is InChI=1S/C18H20F2N4/c19-12-7-8-14(20)16(9-12)22-17-10-15(11-5-6-11)23-18(24-17)21-13-3-1-2-4-13/h7-11,13H,1-6H2,(H2,21,22,23,24). The van der Waals surface area contributed by atoms with E-state index < -0.39 is 11.6 Å². The lowest BCUT2D eigenvalue weighted by Crippen LogP contribution is -2.17. The quantitative estimate of drug-likeness (QED) is 0.832. The van der Waals surface area contributed by atoms with Crippen LogP contribution in [0.2, 0.25) is 0 Å². The van der Waals surface area contributed by atoms with Gasteiger partial charge in [0.2, 0.25) is 5.95 Å². The van der Waals surface area contributed by atoms with E-state index in [2.05, 4.69) is 20.6 Å². The van der Waals surface area contributed by atoms with Gasteiger partial charge in [-0.05, 0) is 37.8 Å². The normalized spacial score (nSPS) is 17.9. The van der Waals surface area contributed by atoms with E-state index in [9.17, 15) is 8.78 Å². The zero-order valence-electron chi connectivity index (χ0n) is 13.4. The predicted molar refractivity (Wildman–Crippen MR) is 89.5 cm³/mol. The van der Waals surface area contributed by atoms with Crippen LogP contribution in [0.1, 0.15) is 50.1 Å². The van der Waals surface area contributed by atoms with E-state index in [0.29, 0.717) is 23.7 Å². The molecule has 0 spiro atoms. The largest absolute Gasteiger partial charge is 0.351 e. The molecule has 126 valence electrons. The van der Waals surface area contributed by atoms with Crippen LogP contribution in [0.15, 0.2) is 24.3 Å². The lowest BCUT2D eigenvalue weighted by molar-refractivity contribution is 0.603. The number of hydrogen-bond acceptors (Lipinski definition) is 4. The molecular weight excluding hydrogens is 310 g/mol. The van der Waals surface area contributed by atoms with Crippen molar-refractivity contribution >= 4 is 17.5 Å². The molecule has 4 rings (SSSR count). The van der Waals surface area contributed by atoms with E-state index in [0.717, 1.165) is 49.6 Å². The van der Waals surface area contributed by atoms with Gasteiger partial charge in [0.15, 0.2) is 0 Å². The molecule has 0 unspecified atom stereocenters. The van der Waals surface area contributed by atoms with Gasteiger partial charge in [0.05, 0.1) is 11.4 Å². The average molecular weight is 330 g/mol. The van der Waals surface area contributed by atoms with E-state index in [1.54, 1.807) is 0 Å². The number of aromatic nitrogens is 2. The number of anilines is 3. The molecule has 4 nitrogen and oxygen atoms in total. The van der Waals surface area contributed by atoms with E-state index in [-0.39, 0.29) is 5.69 Å². The third kappa shape index (κ3) is 3.47. The molecule has 2 aliphatic carbocycles. The zero-order chi connectivity index (χ0) is 16.5. The molecule has 1 aromatic heterocycles. The van der Waals surface area contributed by atoms with Crippen LogP contribution in [-0.4, -0.2) is 16.0 Å². The third-order valence-corrected chi connectivity index (χ3v) is 4.62. The SMILES string of the molecule is Fc1ccc(F)c(Nc2cc(C3CC3)nc(NC3CCCC3)n2)c1. The number of rotatable bonds is 5. The molecule has 2 saturated carbocycles. The highest BCUT2D eigenvalue weighted by atomic mass is 19.1. The summed E-state index contributed by atoms with van der Waals surface area (Å²) < 4.78 is 27.2. The van der Waals surface area contributed by atoms with Crippen molar-refractivity contribution in [2.45, 2.75) is 50.5 Å². The summed E-state index contributed by atoms with van der Waals surface area (Å²) in [5.41, 5.74) is 1.05. The number of halogens is 2. The van der Waals surface area contributed by atoms with Gasteiger partial charge in [-0.25, -0.2) is 13.8 Å². The van der Waals surface area contributed by atoms with E-state index in [1.807, 2.05) is 6.07 Å². The average Bonchev–Trinajstić information content (AvgIpc) is 3.29. The highest BCUT2D eigenvalue weighted by molar-refractivity contribution is 5.58. The number of nitrogens with one attached hydrogen (secondary N) is 2.